The van der Waals surface area contributed by atoms with Crippen molar-refractivity contribution in [3.05, 3.63) is 89.9 Å². The predicted octanol–water partition coefficient (Wildman–Crippen LogP) is 5.21. The summed E-state index contributed by atoms with van der Waals surface area (Å²) in [5.74, 6) is -2.08. The molecule has 2 aromatic carbocycles. The zero-order valence-corrected chi connectivity index (χ0v) is 34.1. The number of carbonyl (C=O) groups excluding carboxylic acids is 4. The number of hydrogen-bond donors (Lipinski definition) is 1. The normalized spacial score (nSPS) is 14.0. The zero-order valence-electron chi connectivity index (χ0n) is 34.1. The molecule has 1 aliphatic heterocycles. The molecule has 4 rings (SSSR count). The minimum absolute atomic E-state index is 0.0293. The van der Waals surface area contributed by atoms with Gasteiger partial charge in [-0.2, -0.15) is 0 Å². The van der Waals surface area contributed by atoms with Gasteiger partial charge in [0.15, 0.2) is 0 Å². The average Bonchev–Trinajstić information content (AvgIpc) is 3.76. The molecular formula is C43H56F3N5O8. The van der Waals surface area contributed by atoms with E-state index in [2.05, 4.69) is 0 Å². The first-order valence-electron chi connectivity index (χ1n) is 19.8. The number of nitrogens with zero attached hydrogens (tertiary/aromatic N) is 4. The van der Waals surface area contributed by atoms with Gasteiger partial charge in [-0.25, -0.2) is 18.2 Å². The molecule has 3 amide bonds. The summed E-state index contributed by atoms with van der Waals surface area (Å²) < 4.78 is 66.7. The summed E-state index contributed by atoms with van der Waals surface area (Å²) in [7, 11) is 0. The second-order valence-electron chi connectivity index (χ2n) is 15.2. The van der Waals surface area contributed by atoms with E-state index in [1.807, 2.05) is 55.7 Å². The number of Topliss-reactive ketones (excluding diaryl/α,β-unsaturated/α-hetero) is 1. The summed E-state index contributed by atoms with van der Waals surface area (Å²) in [6.45, 7) is 7.77. The average molecular weight is 828 g/mol. The highest BCUT2D eigenvalue weighted by molar-refractivity contribution is 6.12. The Morgan fingerprint density at radius 2 is 1.44 bits per heavy atom. The fourth-order valence-electron chi connectivity index (χ4n) is 6.42. The van der Waals surface area contributed by atoms with Crippen molar-refractivity contribution in [2.75, 3.05) is 72.6 Å². The minimum atomic E-state index is -0.820. The van der Waals surface area contributed by atoms with Crippen molar-refractivity contribution in [1.29, 1.82) is 0 Å². The summed E-state index contributed by atoms with van der Waals surface area (Å²) >= 11 is 0. The Labute approximate surface area is 343 Å². The third-order valence-corrected chi connectivity index (χ3v) is 9.46. The molecule has 1 aliphatic rings. The Hall–Kier alpha value is -4.74. The number of carbonyl (C=O) groups is 4. The maximum atomic E-state index is 15.1. The van der Waals surface area contributed by atoms with E-state index >= 15 is 4.39 Å². The van der Waals surface area contributed by atoms with Gasteiger partial charge in [0.05, 0.1) is 71.1 Å². The van der Waals surface area contributed by atoms with Crippen LogP contribution in [0.1, 0.15) is 63.9 Å². The summed E-state index contributed by atoms with van der Waals surface area (Å²) in [6.07, 6.45) is 4.16. The third kappa shape index (κ3) is 15.1. The number of alkyl halides is 1. The van der Waals surface area contributed by atoms with E-state index in [1.54, 1.807) is 11.1 Å². The van der Waals surface area contributed by atoms with Crippen molar-refractivity contribution in [1.82, 2.24) is 19.4 Å². The highest BCUT2D eigenvalue weighted by Crippen LogP contribution is 2.40. The van der Waals surface area contributed by atoms with Crippen LogP contribution in [0, 0.1) is 17.0 Å². The molecule has 0 unspecified atom stereocenters. The number of rotatable bonds is 27. The summed E-state index contributed by atoms with van der Waals surface area (Å²) in [4.78, 5) is 57.6. The Bertz CT molecular complexity index is 1830. The molecule has 1 aromatic heterocycles. The summed E-state index contributed by atoms with van der Waals surface area (Å²) in [5, 5.41) is 0. The van der Waals surface area contributed by atoms with Gasteiger partial charge in [0.1, 0.15) is 29.9 Å². The van der Waals surface area contributed by atoms with E-state index in [-0.39, 0.29) is 100.0 Å². The van der Waals surface area contributed by atoms with E-state index < -0.39 is 35.8 Å². The number of ether oxygens (including phenoxy) is 4. The number of halogens is 3. The number of amides is 3. The minimum Gasteiger partial charge on any atom is -0.379 e. The van der Waals surface area contributed by atoms with Crippen LogP contribution in [-0.2, 0) is 44.7 Å². The Morgan fingerprint density at radius 1 is 0.831 bits per heavy atom. The molecule has 0 aliphatic carbocycles. The maximum absolute atomic E-state index is 15.1. The SMILES string of the molecule is CC(C)(C)[C@H](c1nc(-c2cc(F)ccc2F)cn1Cc1ccccc1)N(CC[C@H](N)CF)C(=O)CCC(=O)CCOCCOCCOCCOCCN1C(=O)C=CC1=O. The van der Waals surface area contributed by atoms with Gasteiger partial charge in [-0.05, 0) is 35.6 Å². The number of hydrogen-bond acceptors (Lipinski definition) is 10. The number of imide groups is 1. The first kappa shape index (κ1) is 46.9. The van der Waals surface area contributed by atoms with Crippen LogP contribution in [0.2, 0.25) is 0 Å². The molecule has 0 radical (unpaired) electrons. The molecule has 2 atom stereocenters. The molecule has 0 spiro atoms. The van der Waals surface area contributed by atoms with Crippen molar-refractivity contribution in [3.63, 3.8) is 0 Å². The van der Waals surface area contributed by atoms with Gasteiger partial charge < -0.3 is 34.1 Å². The monoisotopic (exact) mass is 827 g/mol. The summed E-state index contributed by atoms with van der Waals surface area (Å²) in [6, 6.07) is 11.1. The van der Waals surface area contributed by atoms with Gasteiger partial charge >= 0.3 is 0 Å². The van der Waals surface area contributed by atoms with E-state index in [4.69, 9.17) is 29.7 Å². The van der Waals surface area contributed by atoms with E-state index in [0.717, 1.165) is 28.7 Å². The highest BCUT2D eigenvalue weighted by atomic mass is 19.1. The standard InChI is InChI=1S/C43H56F3N5O8/c1-43(2,3)41(42-48-37(35-27-32(45)9-11-36(35)46)30-49(42)29-31-7-5-4-6-8-31)51(17-15-33(47)28-44)40(55)12-10-34(52)16-19-56-21-23-58-25-26-59-24-22-57-20-18-50-38(53)13-14-39(50)54/h4-9,11,13-14,27,30,33,41H,10,12,15-26,28-29,47H2,1-3H3/t33-,41-/m0/s1. The van der Waals surface area contributed by atoms with Crippen molar-refractivity contribution < 1.29 is 51.3 Å². The number of nitrogens with two attached hydrogens (primary N) is 1. The van der Waals surface area contributed by atoms with Crippen molar-refractivity contribution in [2.45, 2.75) is 65.1 Å². The van der Waals surface area contributed by atoms with Gasteiger partial charge in [-0.15, -0.1) is 0 Å². The molecule has 0 bridgehead atoms. The largest absolute Gasteiger partial charge is 0.379 e. The summed E-state index contributed by atoms with van der Waals surface area (Å²) in [5.41, 5.74) is 6.39. The lowest BCUT2D eigenvalue weighted by Crippen LogP contribution is -2.44. The second kappa shape index (κ2) is 23.7. The zero-order chi connectivity index (χ0) is 42.8. The molecule has 322 valence electrons. The molecule has 13 nitrogen and oxygen atoms in total. The van der Waals surface area contributed by atoms with Gasteiger partial charge in [-0.3, -0.25) is 24.1 Å². The highest BCUT2D eigenvalue weighted by Gasteiger charge is 2.38. The predicted molar refractivity (Wildman–Crippen MR) is 214 cm³/mol. The van der Waals surface area contributed by atoms with Gasteiger partial charge in [0.25, 0.3) is 11.8 Å². The fraction of sp³-hybridized carbons (Fsp3) is 0.512. The molecule has 3 aromatic rings. The van der Waals surface area contributed by atoms with Crippen LogP contribution in [-0.4, -0.2) is 122 Å². The molecule has 2 heterocycles. The van der Waals surface area contributed by atoms with Crippen molar-refractivity contribution in [2.24, 2.45) is 11.1 Å². The van der Waals surface area contributed by atoms with Crippen LogP contribution in [0.5, 0.6) is 0 Å². The quantitative estimate of drug-likeness (QED) is 0.0801. The van der Waals surface area contributed by atoms with E-state index in [9.17, 15) is 28.0 Å². The van der Waals surface area contributed by atoms with Crippen molar-refractivity contribution in [3.8, 4) is 11.3 Å². The second-order valence-corrected chi connectivity index (χ2v) is 15.2. The van der Waals surface area contributed by atoms with E-state index in [1.165, 1.54) is 12.2 Å². The van der Waals surface area contributed by atoms with Crippen LogP contribution in [0.3, 0.4) is 0 Å². The van der Waals surface area contributed by atoms with Crippen LogP contribution in [0.25, 0.3) is 11.3 Å². The molecule has 59 heavy (non-hydrogen) atoms. The van der Waals surface area contributed by atoms with E-state index in [0.29, 0.717) is 38.8 Å². The Morgan fingerprint density at radius 3 is 2.05 bits per heavy atom. The Balaban J connectivity index is 1.28. The first-order chi connectivity index (χ1) is 28.3. The van der Waals surface area contributed by atoms with Crippen LogP contribution in [0.4, 0.5) is 13.2 Å². The first-order valence-corrected chi connectivity index (χ1v) is 19.8. The molecule has 0 saturated carbocycles. The maximum Gasteiger partial charge on any atom is 0.253 e. The number of ketones is 1. The fourth-order valence-corrected chi connectivity index (χ4v) is 6.42. The molecule has 16 heteroatoms. The van der Waals surface area contributed by atoms with Gasteiger partial charge in [0, 0.05) is 62.3 Å². The van der Waals surface area contributed by atoms with Crippen molar-refractivity contribution >= 4 is 23.5 Å². The van der Waals surface area contributed by atoms with Gasteiger partial charge in [0.2, 0.25) is 5.91 Å². The molecular weight excluding hydrogens is 771 g/mol. The van der Waals surface area contributed by atoms with Gasteiger partial charge in [-0.1, -0.05) is 51.1 Å². The molecule has 0 fully saturated rings. The van der Waals surface area contributed by atoms with Crippen LogP contribution >= 0.6 is 0 Å². The number of aromatic nitrogens is 2. The van der Waals surface area contributed by atoms with Crippen LogP contribution in [0.15, 0.2) is 66.9 Å². The lowest BCUT2D eigenvalue weighted by atomic mass is 9.84. The van der Waals surface area contributed by atoms with Crippen LogP contribution < -0.4 is 5.73 Å². The molecule has 0 saturated heterocycles. The third-order valence-electron chi connectivity index (χ3n) is 9.46. The number of benzene rings is 2. The number of imidazole rings is 1. The smallest absolute Gasteiger partial charge is 0.253 e. The Kier molecular flexibility index (Phi) is 18.9. The lowest BCUT2D eigenvalue weighted by Gasteiger charge is -2.40. The lowest BCUT2D eigenvalue weighted by molar-refractivity contribution is -0.138. The molecule has 2 N–H and O–H groups in total. The topological polar surface area (TPSA) is 156 Å².